The van der Waals surface area contributed by atoms with Crippen molar-refractivity contribution in [2.24, 2.45) is 0 Å². The third-order valence-electron chi connectivity index (χ3n) is 20.9. The summed E-state index contributed by atoms with van der Waals surface area (Å²) in [7, 11) is 0. The molecule has 0 atom stereocenters. The van der Waals surface area contributed by atoms with Gasteiger partial charge in [-0.3, -0.25) is 0 Å². The Bertz CT molecular complexity index is 4940. The zero-order valence-corrected chi connectivity index (χ0v) is 51.6. The fourth-order valence-corrected chi connectivity index (χ4v) is 17.8. The summed E-state index contributed by atoms with van der Waals surface area (Å²) in [5.41, 5.74) is 24.5. The van der Waals surface area contributed by atoms with Gasteiger partial charge in [0, 0.05) is 74.9 Å². The van der Waals surface area contributed by atoms with E-state index in [-0.39, 0.29) is 28.4 Å². The monoisotopic (exact) mass is 1150 g/mol. The molecule has 1 spiro atoms. The first kappa shape index (κ1) is 49.5. The third kappa shape index (κ3) is 7.81. The second kappa shape index (κ2) is 19.0. The minimum absolute atomic E-state index is 0.0125. The van der Waals surface area contributed by atoms with Gasteiger partial charge in [-0.25, -0.2) is 0 Å². The van der Waals surface area contributed by atoms with Gasteiger partial charge in [0.2, 0.25) is 0 Å². The zero-order chi connectivity index (χ0) is 61.4. The van der Waals surface area contributed by atoms with Gasteiger partial charge in [0.25, 0.3) is 6.71 Å². The van der Waals surface area contributed by atoms with E-state index in [1.54, 1.807) is 0 Å². The van der Waals surface area contributed by atoms with Gasteiger partial charge in [-0.1, -0.05) is 195 Å². The molecule has 6 heteroatoms. The lowest BCUT2D eigenvalue weighted by atomic mass is 9.36. The molecule has 10 aromatic carbocycles. The number of benzene rings is 10. The Labute approximate surface area is 521 Å². The van der Waals surface area contributed by atoms with Crippen molar-refractivity contribution >= 4 is 117 Å². The lowest BCUT2D eigenvalue weighted by molar-refractivity contribution is 0.332. The zero-order valence-electron chi connectivity index (χ0n) is 53.8. The maximum absolute atomic E-state index is 9.55. The number of hydrogen-bond acceptors (Lipinski definition) is 5. The molecule has 3 aliphatic carbocycles. The van der Waals surface area contributed by atoms with E-state index in [2.05, 4.69) is 251 Å². The normalized spacial score (nSPS) is 17.3. The second-order valence-electron chi connectivity index (χ2n) is 27.9. The average molecular weight is 1150 g/mol. The lowest BCUT2D eigenvalue weighted by Crippen LogP contribution is -2.60. The van der Waals surface area contributed by atoms with E-state index in [0.29, 0.717) is 5.56 Å². The van der Waals surface area contributed by atoms with Crippen molar-refractivity contribution in [3.63, 3.8) is 0 Å². The van der Waals surface area contributed by atoms with Crippen LogP contribution in [-0.4, -0.2) is 6.71 Å². The molecule has 0 bridgehead atoms. The molecule has 5 aliphatic rings. The summed E-state index contributed by atoms with van der Waals surface area (Å²) < 4.78 is 38.3. The number of para-hydroxylation sites is 3. The standard InChI is InChI=1S/C81H72BN3OS/c1-50-44-70-74-71(45-50)85(68-30-21-27-60-59-26-15-18-31-72(59)86-76(60)68)69-47-55(83(53-34-32-52(33-35-53)78(2,3)4)67-29-17-14-24-56(67)51-22-11-9-12-23-51)37-39-66(69)82(74)77-75(61-48-64-65(49-73(61)87-77)80(7,8)43-42-79(64,5)6)84(70)54-36-38-58-57-25-13-16-28-62(57)81(63(58)46-54)40-19-10-20-41-81/h9,11-18,21-39,44-49H,10,19-20,40-43H2,1-8H3/i1D3. The van der Waals surface area contributed by atoms with Crippen LogP contribution in [0.4, 0.5) is 51.2 Å². The van der Waals surface area contributed by atoms with E-state index >= 15 is 0 Å². The maximum atomic E-state index is 9.55. The van der Waals surface area contributed by atoms with E-state index in [1.807, 2.05) is 29.5 Å². The summed E-state index contributed by atoms with van der Waals surface area (Å²) in [6.07, 6.45) is 8.03. The third-order valence-corrected chi connectivity index (χ3v) is 22.1. The molecule has 0 unspecified atom stereocenters. The molecule has 2 aromatic heterocycles. The van der Waals surface area contributed by atoms with Gasteiger partial charge in [-0.15, -0.1) is 11.3 Å². The van der Waals surface area contributed by atoms with Crippen LogP contribution in [0.5, 0.6) is 0 Å². The summed E-state index contributed by atoms with van der Waals surface area (Å²) >= 11 is 1.93. The largest absolute Gasteiger partial charge is 0.454 e. The van der Waals surface area contributed by atoms with E-state index < -0.39 is 6.85 Å². The molecule has 4 heterocycles. The van der Waals surface area contributed by atoms with E-state index in [9.17, 15) is 4.11 Å². The first-order valence-corrected chi connectivity index (χ1v) is 32.4. The number of rotatable bonds is 6. The molecular weight excluding hydrogens is 1070 g/mol. The van der Waals surface area contributed by atoms with Crippen molar-refractivity contribution in [3.05, 3.63) is 240 Å². The number of aryl methyl sites for hydroxylation is 1. The van der Waals surface area contributed by atoms with Gasteiger partial charge in [0.15, 0.2) is 5.58 Å². The van der Waals surface area contributed by atoms with Crippen molar-refractivity contribution in [2.45, 2.75) is 122 Å². The van der Waals surface area contributed by atoms with Crippen LogP contribution in [-0.2, 0) is 21.7 Å². The molecule has 0 amide bonds. The van der Waals surface area contributed by atoms with Gasteiger partial charge in [-0.05, 0) is 189 Å². The smallest absolute Gasteiger partial charge is 0.264 e. The van der Waals surface area contributed by atoms with Gasteiger partial charge in [0.1, 0.15) is 5.58 Å². The number of thiophene rings is 1. The molecule has 4 nitrogen and oxygen atoms in total. The van der Waals surface area contributed by atoms with Crippen LogP contribution in [0.3, 0.4) is 0 Å². The quantitative estimate of drug-likeness (QED) is 0.155. The van der Waals surface area contributed by atoms with Crippen molar-refractivity contribution in [1.29, 1.82) is 0 Å². The highest BCUT2D eigenvalue weighted by atomic mass is 32.1. The molecule has 17 rings (SSSR count). The highest BCUT2D eigenvalue weighted by Crippen LogP contribution is 2.59. The Morgan fingerprint density at radius 3 is 1.99 bits per heavy atom. The molecule has 2 aliphatic heterocycles. The minimum Gasteiger partial charge on any atom is -0.454 e. The van der Waals surface area contributed by atoms with E-state index in [4.69, 9.17) is 4.42 Å². The molecule has 0 saturated heterocycles. The highest BCUT2D eigenvalue weighted by Gasteiger charge is 2.49. The Morgan fingerprint density at radius 1 is 0.529 bits per heavy atom. The van der Waals surface area contributed by atoms with Gasteiger partial charge < -0.3 is 19.1 Å². The number of furan rings is 1. The second-order valence-corrected chi connectivity index (χ2v) is 29.0. The highest BCUT2D eigenvalue weighted by molar-refractivity contribution is 7.33. The van der Waals surface area contributed by atoms with E-state index in [0.717, 1.165) is 121 Å². The molecule has 1 fully saturated rings. The molecule has 426 valence electrons. The number of nitrogens with zero attached hydrogens (tertiary/aromatic N) is 3. The van der Waals surface area contributed by atoms with Crippen LogP contribution in [0.1, 0.15) is 131 Å². The van der Waals surface area contributed by atoms with Crippen molar-refractivity contribution in [2.75, 3.05) is 14.7 Å². The van der Waals surface area contributed by atoms with Crippen molar-refractivity contribution in [3.8, 4) is 22.3 Å². The van der Waals surface area contributed by atoms with Crippen molar-refractivity contribution in [1.82, 2.24) is 0 Å². The molecular formula is C81H72BN3OS. The molecule has 87 heavy (non-hydrogen) atoms. The topological polar surface area (TPSA) is 22.9 Å². The van der Waals surface area contributed by atoms with E-state index in [1.165, 1.54) is 73.1 Å². The fraction of sp³-hybridized carbons (Fsp3) is 0.235. The summed E-state index contributed by atoms with van der Waals surface area (Å²) in [5.74, 6) is 0. The van der Waals surface area contributed by atoms with Crippen LogP contribution < -0.4 is 30.4 Å². The molecule has 0 N–H and O–H groups in total. The summed E-state index contributed by atoms with van der Waals surface area (Å²) in [4.78, 5) is 7.31. The maximum Gasteiger partial charge on any atom is 0.264 e. The van der Waals surface area contributed by atoms with Crippen molar-refractivity contribution < 1.29 is 8.53 Å². The minimum atomic E-state index is -2.47. The van der Waals surface area contributed by atoms with Crippen LogP contribution in [0.25, 0.3) is 54.3 Å². The van der Waals surface area contributed by atoms with Crippen LogP contribution in [0.2, 0.25) is 0 Å². The fourth-order valence-electron chi connectivity index (χ4n) is 16.4. The Morgan fingerprint density at radius 2 is 1.21 bits per heavy atom. The SMILES string of the molecule is [2H]C([2H])([2H])c1cc2c3c(c1)N(c1cccc4c1oc1ccccc14)c1cc(N(c4ccc(C(C)(C)C)cc4)c4ccccc4-c4ccccc4)ccc1B3c1sc3cc4c(cc3c1N2c1ccc2c(c1)C1(CCCCC1)c1ccccc1-2)C(C)(C)CCC4(C)C. The number of fused-ring (bicyclic) bond motifs is 15. The summed E-state index contributed by atoms with van der Waals surface area (Å²) in [6.45, 7) is 13.8. The Hall–Kier alpha value is -8.58. The average Bonchev–Trinajstić information content (AvgIpc) is 1.26. The van der Waals surface area contributed by atoms with Gasteiger partial charge in [0.05, 0.1) is 17.1 Å². The summed E-state index contributed by atoms with van der Waals surface area (Å²) in [6, 6.07) is 76.0. The lowest BCUT2D eigenvalue weighted by Gasteiger charge is -2.44. The van der Waals surface area contributed by atoms with Gasteiger partial charge in [-0.2, -0.15) is 0 Å². The molecule has 1 saturated carbocycles. The Kier molecular flexibility index (Phi) is 10.8. The molecule has 0 radical (unpaired) electrons. The number of hydrogen-bond donors (Lipinski definition) is 0. The Balaban J connectivity index is 0.988. The first-order chi connectivity index (χ1) is 43.4. The predicted molar refractivity (Wildman–Crippen MR) is 371 cm³/mol. The van der Waals surface area contributed by atoms with Crippen LogP contribution >= 0.6 is 11.3 Å². The predicted octanol–water partition coefficient (Wildman–Crippen LogP) is 21.2. The van der Waals surface area contributed by atoms with Crippen LogP contribution in [0, 0.1) is 6.85 Å². The van der Waals surface area contributed by atoms with Crippen LogP contribution in [0.15, 0.2) is 211 Å². The summed E-state index contributed by atoms with van der Waals surface area (Å²) in [5, 5.41) is 3.25. The van der Waals surface area contributed by atoms with Gasteiger partial charge >= 0.3 is 0 Å². The first-order valence-electron chi connectivity index (χ1n) is 33.1. The number of anilines is 9. The molecule has 12 aromatic rings.